The van der Waals surface area contributed by atoms with E-state index in [0.717, 1.165) is 42.8 Å². The molecule has 3 nitrogen and oxygen atoms in total. The van der Waals surface area contributed by atoms with Gasteiger partial charge in [-0.05, 0) is 37.3 Å². The number of carboxylic acids is 1. The van der Waals surface area contributed by atoms with Gasteiger partial charge in [-0.15, -0.1) is 0 Å². The first kappa shape index (κ1) is 13.4. The normalized spacial score (nSPS) is 23.8. The minimum absolute atomic E-state index is 0.150. The van der Waals surface area contributed by atoms with Gasteiger partial charge in [0.05, 0.1) is 5.92 Å². The molecule has 2 rings (SSSR count). The molecule has 0 atom stereocenters. The van der Waals surface area contributed by atoms with E-state index >= 15 is 0 Å². The maximum atomic E-state index is 10.8. The van der Waals surface area contributed by atoms with Crippen LogP contribution < -0.4 is 5.32 Å². The monoisotopic (exact) mass is 267 g/mol. The third-order valence-corrected chi connectivity index (χ3v) is 3.98. The van der Waals surface area contributed by atoms with Crippen LogP contribution in [0.2, 0.25) is 5.02 Å². The second-order valence-corrected chi connectivity index (χ2v) is 5.27. The summed E-state index contributed by atoms with van der Waals surface area (Å²) < 4.78 is 0. The molecule has 0 saturated heterocycles. The number of rotatable bonds is 4. The van der Waals surface area contributed by atoms with Crippen molar-refractivity contribution in [1.29, 1.82) is 0 Å². The first-order valence-electron chi connectivity index (χ1n) is 6.36. The summed E-state index contributed by atoms with van der Waals surface area (Å²) in [7, 11) is 0. The molecule has 1 aromatic rings. The third kappa shape index (κ3) is 3.47. The molecule has 0 amide bonds. The maximum Gasteiger partial charge on any atom is 0.306 e. The number of carboxylic acid groups (broad SMARTS) is 1. The Kier molecular flexibility index (Phi) is 4.61. The molecule has 0 heterocycles. The molecule has 0 radical (unpaired) electrons. The molecule has 0 bridgehead atoms. The molecule has 0 aliphatic heterocycles. The first-order valence-corrected chi connectivity index (χ1v) is 6.74. The average molecular weight is 268 g/mol. The van der Waals surface area contributed by atoms with Gasteiger partial charge in [0.2, 0.25) is 0 Å². The lowest BCUT2D eigenvalue weighted by Gasteiger charge is -2.27. The number of benzene rings is 1. The van der Waals surface area contributed by atoms with Crippen LogP contribution >= 0.6 is 11.6 Å². The van der Waals surface area contributed by atoms with Crippen LogP contribution in [0.25, 0.3) is 0 Å². The molecule has 1 aliphatic carbocycles. The second-order valence-electron chi connectivity index (χ2n) is 4.86. The minimum atomic E-state index is -0.653. The van der Waals surface area contributed by atoms with Crippen molar-refractivity contribution in [2.75, 3.05) is 0 Å². The van der Waals surface area contributed by atoms with Crippen molar-refractivity contribution < 1.29 is 9.90 Å². The average Bonchev–Trinajstić information content (AvgIpc) is 2.38. The zero-order valence-corrected chi connectivity index (χ0v) is 11.0. The van der Waals surface area contributed by atoms with Crippen molar-refractivity contribution >= 4 is 17.6 Å². The molecule has 1 aromatic carbocycles. The molecule has 98 valence electrons. The number of aliphatic carboxylic acids is 1. The topological polar surface area (TPSA) is 49.3 Å². The van der Waals surface area contributed by atoms with Crippen molar-refractivity contribution in [2.24, 2.45) is 5.92 Å². The van der Waals surface area contributed by atoms with Crippen LogP contribution in [0.1, 0.15) is 31.2 Å². The van der Waals surface area contributed by atoms with Crippen molar-refractivity contribution in [2.45, 2.75) is 38.3 Å². The van der Waals surface area contributed by atoms with E-state index in [-0.39, 0.29) is 5.92 Å². The molecule has 1 fully saturated rings. The van der Waals surface area contributed by atoms with Crippen LogP contribution in [0.5, 0.6) is 0 Å². The van der Waals surface area contributed by atoms with Crippen molar-refractivity contribution in [3.8, 4) is 0 Å². The SMILES string of the molecule is O=C(O)C1CCC(NCc2ccccc2Cl)CC1. The van der Waals surface area contributed by atoms with E-state index < -0.39 is 5.97 Å². The minimum Gasteiger partial charge on any atom is -0.481 e. The highest BCUT2D eigenvalue weighted by Gasteiger charge is 2.25. The van der Waals surface area contributed by atoms with E-state index in [1.54, 1.807) is 0 Å². The zero-order valence-electron chi connectivity index (χ0n) is 10.2. The lowest BCUT2D eigenvalue weighted by molar-refractivity contribution is -0.142. The Morgan fingerprint density at radius 2 is 1.94 bits per heavy atom. The van der Waals surface area contributed by atoms with Gasteiger partial charge in [-0.1, -0.05) is 29.8 Å². The Hall–Kier alpha value is -1.06. The number of halogens is 1. The molecule has 1 saturated carbocycles. The van der Waals surface area contributed by atoms with E-state index in [1.165, 1.54) is 0 Å². The summed E-state index contributed by atoms with van der Waals surface area (Å²) in [5, 5.41) is 13.2. The van der Waals surface area contributed by atoms with Crippen LogP contribution in [0, 0.1) is 5.92 Å². The van der Waals surface area contributed by atoms with Gasteiger partial charge in [0.25, 0.3) is 0 Å². The lowest BCUT2D eigenvalue weighted by Crippen LogP contribution is -2.34. The molecule has 1 aliphatic rings. The second kappa shape index (κ2) is 6.21. The molecular weight excluding hydrogens is 250 g/mol. The quantitative estimate of drug-likeness (QED) is 0.881. The van der Waals surface area contributed by atoms with Crippen molar-refractivity contribution in [3.63, 3.8) is 0 Å². The largest absolute Gasteiger partial charge is 0.481 e. The van der Waals surface area contributed by atoms with Gasteiger partial charge in [-0.2, -0.15) is 0 Å². The van der Waals surface area contributed by atoms with Crippen molar-refractivity contribution in [1.82, 2.24) is 5.32 Å². The van der Waals surface area contributed by atoms with Gasteiger partial charge in [0.15, 0.2) is 0 Å². The summed E-state index contributed by atoms with van der Waals surface area (Å²) in [6.45, 7) is 0.752. The van der Waals surface area contributed by atoms with E-state index in [9.17, 15) is 4.79 Å². The lowest BCUT2D eigenvalue weighted by atomic mass is 9.86. The number of hydrogen-bond donors (Lipinski definition) is 2. The van der Waals surface area contributed by atoms with Crippen LogP contribution in [-0.2, 0) is 11.3 Å². The van der Waals surface area contributed by atoms with E-state index in [0.29, 0.717) is 6.04 Å². The van der Waals surface area contributed by atoms with E-state index in [4.69, 9.17) is 16.7 Å². The Morgan fingerprint density at radius 3 is 2.56 bits per heavy atom. The molecule has 4 heteroatoms. The van der Waals surface area contributed by atoms with Gasteiger partial charge >= 0.3 is 5.97 Å². The summed E-state index contributed by atoms with van der Waals surface area (Å²) in [6.07, 6.45) is 3.41. The summed E-state index contributed by atoms with van der Waals surface area (Å²) in [5.74, 6) is -0.803. The van der Waals surface area contributed by atoms with Crippen LogP contribution in [0.3, 0.4) is 0 Å². The maximum absolute atomic E-state index is 10.8. The summed E-state index contributed by atoms with van der Waals surface area (Å²) in [5.41, 5.74) is 1.10. The van der Waals surface area contributed by atoms with Gasteiger partial charge in [-0.25, -0.2) is 0 Å². The van der Waals surface area contributed by atoms with Crippen molar-refractivity contribution in [3.05, 3.63) is 34.9 Å². The molecule has 2 N–H and O–H groups in total. The van der Waals surface area contributed by atoms with Gasteiger partial charge in [-0.3, -0.25) is 4.79 Å². The molecule has 0 aromatic heterocycles. The smallest absolute Gasteiger partial charge is 0.306 e. The highest BCUT2D eigenvalue weighted by molar-refractivity contribution is 6.31. The Morgan fingerprint density at radius 1 is 1.28 bits per heavy atom. The fraction of sp³-hybridized carbons (Fsp3) is 0.500. The van der Waals surface area contributed by atoms with Crippen LogP contribution in [-0.4, -0.2) is 17.1 Å². The fourth-order valence-corrected chi connectivity index (χ4v) is 2.64. The highest BCUT2D eigenvalue weighted by Crippen LogP contribution is 2.25. The molecule has 0 spiro atoms. The van der Waals surface area contributed by atoms with E-state index in [2.05, 4.69) is 5.32 Å². The van der Waals surface area contributed by atoms with Crippen LogP contribution in [0.4, 0.5) is 0 Å². The highest BCUT2D eigenvalue weighted by atomic mass is 35.5. The summed E-state index contributed by atoms with van der Waals surface area (Å²) in [6, 6.07) is 8.21. The number of hydrogen-bond acceptors (Lipinski definition) is 2. The third-order valence-electron chi connectivity index (χ3n) is 3.62. The molecular formula is C14H18ClNO2. The Labute approximate surface area is 112 Å². The summed E-state index contributed by atoms with van der Waals surface area (Å²) in [4.78, 5) is 10.8. The summed E-state index contributed by atoms with van der Waals surface area (Å²) >= 11 is 6.09. The predicted molar refractivity (Wildman–Crippen MR) is 71.7 cm³/mol. The Balaban J connectivity index is 1.79. The number of carbonyl (C=O) groups is 1. The Bertz CT molecular complexity index is 414. The predicted octanol–water partition coefficient (Wildman–Crippen LogP) is 3.07. The first-order chi connectivity index (χ1) is 8.66. The van der Waals surface area contributed by atoms with E-state index in [1.807, 2.05) is 24.3 Å². The standard InChI is InChI=1S/C14H18ClNO2/c15-13-4-2-1-3-11(13)9-16-12-7-5-10(6-8-12)14(17)18/h1-4,10,12,16H,5-9H2,(H,17,18). The molecule has 18 heavy (non-hydrogen) atoms. The fourth-order valence-electron chi connectivity index (χ4n) is 2.44. The van der Waals surface area contributed by atoms with Crippen LogP contribution in [0.15, 0.2) is 24.3 Å². The van der Waals surface area contributed by atoms with Gasteiger partial charge in [0.1, 0.15) is 0 Å². The molecule has 0 unspecified atom stereocenters. The zero-order chi connectivity index (χ0) is 13.0. The van der Waals surface area contributed by atoms with Gasteiger partial charge in [0, 0.05) is 17.6 Å². The van der Waals surface area contributed by atoms with Gasteiger partial charge < -0.3 is 10.4 Å². The number of nitrogens with one attached hydrogen (secondary N) is 1.